The molecule has 164 valence electrons. The number of alkyl halides is 3. The highest BCUT2D eigenvalue weighted by Gasteiger charge is 2.35. The first kappa shape index (κ1) is 21.3. The van der Waals surface area contributed by atoms with E-state index in [1.54, 1.807) is 6.07 Å². The summed E-state index contributed by atoms with van der Waals surface area (Å²) in [5.74, 6) is -2.41. The molecule has 6 nitrogen and oxygen atoms in total. The Morgan fingerprint density at radius 3 is 2.50 bits per heavy atom. The molecule has 2 aromatic carbocycles. The topological polar surface area (TPSA) is 86.9 Å². The lowest BCUT2D eigenvalue weighted by atomic mass is 9.86. The molecule has 2 heterocycles. The molecular weight excluding hydrogens is 428 g/mol. The molecule has 0 spiro atoms. The molecule has 4 rings (SSSR count). The van der Waals surface area contributed by atoms with Crippen molar-refractivity contribution >= 4 is 17.5 Å². The van der Waals surface area contributed by atoms with Crippen molar-refractivity contribution in [3.05, 3.63) is 83.4 Å². The highest BCUT2D eigenvalue weighted by molar-refractivity contribution is 6.07. The summed E-state index contributed by atoms with van der Waals surface area (Å²) in [5.41, 5.74) is -0.0475. The average molecular weight is 444 g/mol. The summed E-state index contributed by atoms with van der Waals surface area (Å²) < 4.78 is 54.0. The normalized spacial score (nSPS) is 16.3. The number of carbonyl (C=O) groups excluding carboxylic acids is 2. The number of halogens is 4. The molecule has 3 aromatic rings. The van der Waals surface area contributed by atoms with Crippen LogP contribution in [-0.4, -0.2) is 22.0 Å². The Kier molecular flexibility index (Phi) is 5.52. The van der Waals surface area contributed by atoms with Crippen molar-refractivity contribution < 1.29 is 27.2 Å². The van der Waals surface area contributed by atoms with Gasteiger partial charge in [0.25, 0.3) is 5.91 Å². The third-order valence-electron chi connectivity index (χ3n) is 5.07. The lowest BCUT2D eigenvalue weighted by Gasteiger charge is -2.24. The fourth-order valence-corrected chi connectivity index (χ4v) is 3.50. The summed E-state index contributed by atoms with van der Waals surface area (Å²) in [4.78, 5) is 24.9. The molecular formula is C22H16F4N4O2. The molecule has 0 saturated carbocycles. The van der Waals surface area contributed by atoms with Crippen LogP contribution in [0.15, 0.2) is 66.5 Å². The van der Waals surface area contributed by atoms with Crippen LogP contribution in [0.2, 0.25) is 0 Å². The monoisotopic (exact) mass is 444 g/mol. The average Bonchev–Trinajstić information content (AvgIpc) is 3.28. The summed E-state index contributed by atoms with van der Waals surface area (Å²) in [7, 11) is 0. The zero-order chi connectivity index (χ0) is 22.9. The van der Waals surface area contributed by atoms with Crippen LogP contribution in [0, 0.1) is 5.82 Å². The van der Waals surface area contributed by atoms with Crippen LogP contribution in [0.5, 0.6) is 0 Å². The van der Waals surface area contributed by atoms with E-state index in [0.29, 0.717) is 16.8 Å². The predicted molar refractivity (Wildman–Crippen MR) is 108 cm³/mol. The van der Waals surface area contributed by atoms with E-state index in [2.05, 4.69) is 20.8 Å². The van der Waals surface area contributed by atoms with Gasteiger partial charge in [-0.3, -0.25) is 14.7 Å². The first-order chi connectivity index (χ1) is 15.2. The van der Waals surface area contributed by atoms with E-state index >= 15 is 0 Å². The lowest BCUT2D eigenvalue weighted by Crippen LogP contribution is -2.32. The van der Waals surface area contributed by atoms with Crippen molar-refractivity contribution in [2.75, 3.05) is 5.32 Å². The minimum absolute atomic E-state index is 0.0521. The van der Waals surface area contributed by atoms with E-state index in [0.717, 1.165) is 6.07 Å². The molecule has 0 radical (unpaired) electrons. The minimum Gasteiger partial charge on any atom is -0.332 e. The first-order valence-corrected chi connectivity index (χ1v) is 9.49. The van der Waals surface area contributed by atoms with E-state index in [-0.39, 0.29) is 17.9 Å². The van der Waals surface area contributed by atoms with E-state index in [4.69, 9.17) is 0 Å². The molecule has 1 aromatic heterocycles. The maximum absolute atomic E-state index is 13.6. The van der Waals surface area contributed by atoms with Crippen molar-refractivity contribution in [2.45, 2.75) is 18.5 Å². The van der Waals surface area contributed by atoms with Gasteiger partial charge < -0.3 is 10.6 Å². The number of hydrogen-bond donors (Lipinski definition) is 3. The third kappa shape index (κ3) is 4.39. The number of carbonyl (C=O) groups is 2. The number of aromatic nitrogens is 2. The predicted octanol–water partition coefficient (Wildman–Crippen LogP) is 4.36. The van der Waals surface area contributed by atoms with Gasteiger partial charge in [0.15, 0.2) is 0 Å². The van der Waals surface area contributed by atoms with Gasteiger partial charge in [0.1, 0.15) is 5.82 Å². The van der Waals surface area contributed by atoms with Gasteiger partial charge >= 0.3 is 6.18 Å². The number of rotatable bonds is 4. The zero-order valence-corrected chi connectivity index (χ0v) is 16.3. The second-order valence-electron chi connectivity index (χ2n) is 7.16. The molecule has 0 unspecified atom stereocenters. The molecule has 0 bridgehead atoms. The smallest absolute Gasteiger partial charge is 0.332 e. The van der Waals surface area contributed by atoms with Crippen molar-refractivity contribution in [1.29, 1.82) is 0 Å². The van der Waals surface area contributed by atoms with E-state index in [1.165, 1.54) is 48.8 Å². The second kappa shape index (κ2) is 8.29. The number of H-pyrrole nitrogens is 1. The van der Waals surface area contributed by atoms with Crippen LogP contribution in [0.25, 0.3) is 11.3 Å². The number of benzene rings is 2. The van der Waals surface area contributed by atoms with Crippen LogP contribution in [0.4, 0.5) is 23.2 Å². The third-order valence-corrected chi connectivity index (χ3v) is 5.07. The number of aromatic amines is 1. The van der Waals surface area contributed by atoms with Gasteiger partial charge in [0.2, 0.25) is 5.91 Å². The first-order valence-electron chi connectivity index (χ1n) is 9.49. The van der Waals surface area contributed by atoms with Crippen molar-refractivity contribution in [2.24, 2.45) is 0 Å². The molecule has 0 fully saturated rings. The van der Waals surface area contributed by atoms with Gasteiger partial charge in [-0.15, -0.1) is 0 Å². The van der Waals surface area contributed by atoms with Gasteiger partial charge in [-0.2, -0.15) is 18.3 Å². The second-order valence-corrected chi connectivity index (χ2v) is 7.16. The highest BCUT2D eigenvalue weighted by atomic mass is 19.4. The van der Waals surface area contributed by atoms with Crippen molar-refractivity contribution in [3.63, 3.8) is 0 Å². The fraction of sp³-hybridized carbons (Fsp3) is 0.136. The van der Waals surface area contributed by atoms with Crippen molar-refractivity contribution in [3.8, 4) is 11.3 Å². The summed E-state index contributed by atoms with van der Waals surface area (Å²) >= 11 is 0. The Morgan fingerprint density at radius 2 is 1.84 bits per heavy atom. The van der Waals surface area contributed by atoms with E-state index < -0.39 is 35.1 Å². The van der Waals surface area contributed by atoms with Crippen LogP contribution in [-0.2, 0) is 15.8 Å². The quantitative estimate of drug-likeness (QED) is 0.523. The van der Waals surface area contributed by atoms with Gasteiger partial charge in [-0.25, -0.2) is 4.39 Å². The Balaban J connectivity index is 1.69. The molecule has 0 saturated heterocycles. The van der Waals surface area contributed by atoms with Crippen LogP contribution >= 0.6 is 0 Å². The Labute approximate surface area is 179 Å². The van der Waals surface area contributed by atoms with Gasteiger partial charge in [0, 0.05) is 35.9 Å². The van der Waals surface area contributed by atoms with Gasteiger partial charge in [-0.05, 0) is 35.9 Å². The van der Waals surface area contributed by atoms with E-state index in [1.807, 2.05) is 0 Å². The number of hydrogen-bond acceptors (Lipinski definition) is 3. The van der Waals surface area contributed by atoms with Crippen LogP contribution in [0.1, 0.15) is 23.5 Å². The number of amides is 2. The van der Waals surface area contributed by atoms with Crippen LogP contribution < -0.4 is 10.6 Å². The summed E-state index contributed by atoms with van der Waals surface area (Å²) in [5, 5.41) is 11.2. The number of nitrogens with zero attached hydrogens (tertiary/aromatic N) is 1. The van der Waals surface area contributed by atoms with Crippen LogP contribution in [0.3, 0.4) is 0 Å². The molecule has 1 atom stereocenters. The van der Waals surface area contributed by atoms with Gasteiger partial charge in [0.05, 0.1) is 16.9 Å². The molecule has 0 aliphatic carbocycles. The zero-order valence-electron chi connectivity index (χ0n) is 16.3. The maximum Gasteiger partial charge on any atom is 0.418 e. The summed E-state index contributed by atoms with van der Waals surface area (Å²) in [6, 6.07) is 10.2. The Hall–Kier alpha value is -3.95. The number of anilines is 1. The molecule has 2 amide bonds. The largest absolute Gasteiger partial charge is 0.418 e. The fourth-order valence-electron chi connectivity index (χ4n) is 3.50. The Morgan fingerprint density at radius 1 is 1.09 bits per heavy atom. The molecule has 10 heteroatoms. The standard InChI is InChI=1S/C22H16F4N4O2/c23-14-4-1-12(2-5-14)15-10-20(31)27-11-16(15)21(32)29-19-9-13(18-7-8-28-30-18)3-6-17(19)22(24,25)26/h1-9,11,15H,10H2,(H,27,31)(H,28,30)(H,29,32)/t15-/m0/s1. The SMILES string of the molecule is O=C1C[C@@H](c2ccc(F)cc2)C(C(=O)Nc2cc(-c3ccn[nH]3)ccc2C(F)(F)F)=CN1. The molecule has 1 aliphatic heterocycles. The minimum atomic E-state index is -4.71. The summed E-state index contributed by atoms with van der Waals surface area (Å²) in [6.07, 6.45) is -2.19. The molecule has 1 aliphatic rings. The molecule has 3 N–H and O–H groups in total. The van der Waals surface area contributed by atoms with Gasteiger partial charge in [-0.1, -0.05) is 18.2 Å². The Bertz CT molecular complexity index is 1190. The lowest BCUT2D eigenvalue weighted by molar-refractivity contribution is -0.137. The maximum atomic E-state index is 13.6. The summed E-state index contributed by atoms with van der Waals surface area (Å²) in [6.45, 7) is 0. The highest BCUT2D eigenvalue weighted by Crippen LogP contribution is 2.38. The molecule has 32 heavy (non-hydrogen) atoms. The number of nitrogens with one attached hydrogen (secondary N) is 3. The van der Waals surface area contributed by atoms with E-state index in [9.17, 15) is 27.2 Å². The van der Waals surface area contributed by atoms with Crippen molar-refractivity contribution in [1.82, 2.24) is 15.5 Å².